The van der Waals surface area contributed by atoms with Gasteiger partial charge >= 0.3 is 0 Å². The number of amides is 1. The zero-order valence-corrected chi connectivity index (χ0v) is 15.6. The van der Waals surface area contributed by atoms with Crippen LogP contribution in [0.15, 0.2) is 42.5 Å². The van der Waals surface area contributed by atoms with Gasteiger partial charge in [0.1, 0.15) is 12.4 Å². The van der Waals surface area contributed by atoms with Crippen LogP contribution in [0.4, 0.5) is 0 Å². The Labute approximate surface area is 157 Å². The predicted octanol–water partition coefficient (Wildman–Crippen LogP) is 4.62. The first kappa shape index (κ1) is 18.1. The third kappa shape index (κ3) is 3.61. The van der Waals surface area contributed by atoms with Gasteiger partial charge in [-0.05, 0) is 37.1 Å². The van der Waals surface area contributed by atoms with Crippen LogP contribution >= 0.6 is 23.2 Å². The topological polar surface area (TPSA) is 38.8 Å². The van der Waals surface area contributed by atoms with Gasteiger partial charge in [-0.15, -0.1) is 0 Å². The van der Waals surface area contributed by atoms with E-state index < -0.39 is 5.41 Å². The molecule has 1 aliphatic rings. The Kier molecular flexibility index (Phi) is 5.23. The number of nitrogens with zero attached hydrogens (tertiary/aromatic N) is 1. The average molecular weight is 380 g/mol. The van der Waals surface area contributed by atoms with Gasteiger partial charge in [0.15, 0.2) is 0 Å². The second-order valence-corrected chi connectivity index (χ2v) is 6.94. The highest BCUT2D eigenvalue weighted by molar-refractivity contribution is 6.33. The number of carbonyl (C=O) groups is 1. The van der Waals surface area contributed by atoms with E-state index in [-0.39, 0.29) is 12.5 Å². The summed E-state index contributed by atoms with van der Waals surface area (Å²) in [6.45, 7) is 0.170. The predicted molar refractivity (Wildman–Crippen MR) is 97.9 cm³/mol. The lowest BCUT2D eigenvalue weighted by Gasteiger charge is -2.24. The number of ether oxygens (including phenoxy) is 1. The molecule has 0 aromatic heterocycles. The SMILES string of the molecule is COc1ccccc1C1(C(=O)N(C)OCc2cc(Cl)ccc2Cl)CC1. The van der Waals surface area contributed by atoms with Crippen molar-refractivity contribution >= 4 is 29.1 Å². The summed E-state index contributed by atoms with van der Waals surface area (Å²) >= 11 is 12.1. The number of rotatable bonds is 6. The van der Waals surface area contributed by atoms with Crippen molar-refractivity contribution in [1.29, 1.82) is 0 Å². The molecule has 0 unspecified atom stereocenters. The molecule has 0 spiro atoms. The van der Waals surface area contributed by atoms with Crippen molar-refractivity contribution in [3.8, 4) is 5.75 Å². The molecule has 0 aliphatic heterocycles. The Bertz CT molecular complexity index is 790. The lowest BCUT2D eigenvalue weighted by molar-refractivity contribution is -0.185. The van der Waals surface area contributed by atoms with E-state index in [0.29, 0.717) is 10.0 Å². The zero-order valence-electron chi connectivity index (χ0n) is 14.1. The van der Waals surface area contributed by atoms with E-state index in [0.717, 1.165) is 29.7 Å². The highest BCUT2D eigenvalue weighted by Gasteiger charge is 2.54. The molecule has 0 radical (unpaired) electrons. The maximum atomic E-state index is 13.0. The summed E-state index contributed by atoms with van der Waals surface area (Å²) < 4.78 is 5.42. The van der Waals surface area contributed by atoms with E-state index in [2.05, 4.69) is 0 Å². The Morgan fingerprint density at radius 3 is 2.60 bits per heavy atom. The molecule has 1 amide bonds. The summed E-state index contributed by atoms with van der Waals surface area (Å²) in [4.78, 5) is 18.6. The lowest BCUT2D eigenvalue weighted by Crippen LogP contribution is -2.36. The first-order chi connectivity index (χ1) is 12.0. The van der Waals surface area contributed by atoms with Crippen molar-refractivity contribution < 1.29 is 14.4 Å². The van der Waals surface area contributed by atoms with Crippen molar-refractivity contribution in [1.82, 2.24) is 5.06 Å². The van der Waals surface area contributed by atoms with Crippen LogP contribution in [0, 0.1) is 0 Å². The normalized spacial score (nSPS) is 14.9. The molecule has 3 rings (SSSR count). The third-order valence-corrected chi connectivity index (χ3v) is 5.09. The number of hydroxylamine groups is 2. The first-order valence-corrected chi connectivity index (χ1v) is 8.72. The highest BCUT2D eigenvalue weighted by Crippen LogP contribution is 2.52. The van der Waals surface area contributed by atoms with Crippen molar-refractivity contribution in [3.63, 3.8) is 0 Å². The number of halogens is 2. The minimum Gasteiger partial charge on any atom is -0.496 e. The van der Waals surface area contributed by atoms with Crippen LogP contribution in [-0.2, 0) is 21.7 Å². The van der Waals surface area contributed by atoms with Crippen molar-refractivity contribution in [2.75, 3.05) is 14.2 Å². The summed E-state index contributed by atoms with van der Waals surface area (Å²) in [5.41, 5.74) is 1.06. The van der Waals surface area contributed by atoms with E-state index in [1.807, 2.05) is 24.3 Å². The number of methoxy groups -OCH3 is 1. The summed E-state index contributed by atoms with van der Waals surface area (Å²) in [7, 11) is 3.23. The van der Waals surface area contributed by atoms with Crippen molar-refractivity contribution in [3.05, 3.63) is 63.6 Å². The first-order valence-electron chi connectivity index (χ1n) is 7.96. The van der Waals surface area contributed by atoms with Crippen molar-refractivity contribution in [2.45, 2.75) is 24.9 Å². The van der Waals surface area contributed by atoms with Gasteiger partial charge in [-0.25, -0.2) is 5.06 Å². The van der Waals surface area contributed by atoms with Gasteiger partial charge in [-0.2, -0.15) is 0 Å². The van der Waals surface area contributed by atoms with E-state index in [9.17, 15) is 4.79 Å². The van der Waals surface area contributed by atoms with Crippen LogP contribution in [0.3, 0.4) is 0 Å². The molecule has 25 heavy (non-hydrogen) atoms. The van der Waals surface area contributed by atoms with E-state index >= 15 is 0 Å². The molecule has 0 atom stereocenters. The van der Waals surface area contributed by atoms with Gasteiger partial charge in [0.2, 0.25) is 0 Å². The largest absolute Gasteiger partial charge is 0.496 e. The van der Waals surface area contributed by atoms with Crippen LogP contribution in [0.2, 0.25) is 10.0 Å². The second kappa shape index (κ2) is 7.24. The number of carbonyl (C=O) groups excluding carboxylic acids is 1. The molecule has 1 saturated carbocycles. The molecule has 0 N–H and O–H groups in total. The molecule has 0 bridgehead atoms. The molecule has 2 aromatic carbocycles. The van der Waals surface area contributed by atoms with E-state index in [4.69, 9.17) is 32.8 Å². The minimum atomic E-state index is -0.570. The van der Waals surface area contributed by atoms with Gasteiger partial charge in [-0.1, -0.05) is 41.4 Å². The van der Waals surface area contributed by atoms with Gasteiger partial charge < -0.3 is 4.74 Å². The van der Waals surface area contributed by atoms with Gasteiger partial charge in [0.25, 0.3) is 5.91 Å². The summed E-state index contributed by atoms with van der Waals surface area (Å²) in [5, 5.41) is 2.41. The van der Waals surface area contributed by atoms with Crippen LogP contribution in [0.25, 0.3) is 0 Å². The molecule has 0 saturated heterocycles. The van der Waals surface area contributed by atoms with E-state index in [1.165, 1.54) is 5.06 Å². The van der Waals surface area contributed by atoms with Gasteiger partial charge in [-0.3, -0.25) is 9.63 Å². The molecule has 132 valence electrons. The molecule has 6 heteroatoms. The van der Waals surface area contributed by atoms with Crippen LogP contribution < -0.4 is 4.74 Å². The maximum Gasteiger partial charge on any atom is 0.256 e. The number of benzene rings is 2. The number of likely N-dealkylation sites (N-methyl/N-ethyl adjacent to an activating group) is 1. The third-order valence-electron chi connectivity index (χ3n) is 4.49. The number of para-hydroxylation sites is 1. The Hall–Kier alpha value is -1.75. The minimum absolute atomic E-state index is 0.0878. The molecule has 4 nitrogen and oxygen atoms in total. The molecule has 2 aromatic rings. The highest BCUT2D eigenvalue weighted by atomic mass is 35.5. The monoisotopic (exact) mass is 379 g/mol. The molecular formula is C19H19Cl2NO3. The molecular weight excluding hydrogens is 361 g/mol. The molecule has 0 heterocycles. The van der Waals surface area contributed by atoms with Gasteiger partial charge in [0, 0.05) is 28.2 Å². The Morgan fingerprint density at radius 1 is 1.20 bits per heavy atom. The summed E-state index contributed by atoms with van der Waals surface area (Å²) in [6, 6.07) is 12.8. The van der Waals surface area contributed by atoms with Gasteiger partial charge in [0.05, 0.1) is 12.5 Å². The zero-order chi connectivity index (χ0) is 18.0. The molecule has 1 fully saturated rings. The smallest absolute Gasteiger partial charge is 0.256 e. The fraction of sp³-hybridized carbons (Fsp3) is 0.316. The quantitative estimate of drug-likeness (QED) is 0.687. The van der Waals surface area contributed by atoms with Crippen LogP contribution in [0.5, 0.6) is 5.75 Å². The van der Waals surface area contributed by atoms with E-state index in [1.54, 1.807) is 32.4 Å². The Morgan fingerprint density at radius 2 is 1.92 bits per heavy atom. The molecule has 1 aliphatic carbocycles. The number of hydrogen-bond donors (Lipinski definition) is 0. The Balaban J connectivity index is 1.73. The fourth-order valence-electron chi connectivity index (χ4n) is 2.94. The summed E-state index contributed by atoms with van der Waals surface area (Å²) in [6.07, 6.45) is 1.55. The lowest BCUT2D eigenvalue weighted by atomic mass is 9.94. The van der Waals surface area contributed by atoms with Crippen LogP contribution in [-0.4, -0.2) is 25.1 Å². The fourth-order valence-corrected chi connectivity index (χ4v) is 3.31. The average Bonchev–Trinajstić information content (AvgIpc) is 3.43. The second-order valence-electron chi connectivity index (χ2n) is 6.09. The standard InChI is InChI=1S/C19H19Cl2NO3/c1-22(25-12-13-11-14(20)7-8-16(13)21)18(23)19(9-10-19)15-5-3-4-6-17(15)24-2/h3-8,11H,9-10,12H2,1-2H3. The van der Waals surface area contributed by atoms with Crippen LogP contribution in [0.1, 0.15) is 24.0 Å². The summed E-state index contributed by atoms with van der Waals surface area (Å²) in [5.74, 6) is 0.634. The number of hydrogen-bond acceptors (Lipinski definition) is 3. The van der Waals surface area contributed by atoms with Crippen molar-refractivity contribution in [2.24, 2.45) is 0 Å². The maximum absolute atomic E-state index is 13.0.